The van der Waals surface area contributed by atoms with Gasteiger partial charge in [0.2, 0.25) is 0 Å². The number of anilines is 1. The van der Waals surface area contributed by atoms with Gasteiger partial charge in [-0.3, -0.25) is 10.1 Å². The van der Waals surface area contributed by atoms with Crippen LogP contribution >= 0.6 is 0 Å². The topological polar surface area (TPSA) is 111 Å². The van der Waals surface area contributed by atoms with E-state index in [1.54, 1.807) is 0 Å². The van der Waals surface area contributed by atoms with Gasteiger partial charge in [0.1, 0.15) is 5.82 Å². The number of imide groups is 1. The Bertz CT molecular complexity index is 811. The Morgan fingerprint density at radius 2 is 1.85 bits per heavy atom. The van der Waals surface area contributed by atoms with Crippen molar-refractivity contribution < 1.29 is 23.5 Å². The Kier molecular flexibility index (Phi) is 6.26. The third kappa shape index (κ3) is 5.30. The van der Waals surface area contributed by atoms with Crippen LogP contribution in [0, 0.1) is 5.82 Å². The number of amides is 3. The molecule has 0 radical (unpaired) electrons. The van der Waals surface area contributed by atoms with Crippen LogP contribution in [0.1, 0.15) is 22.8 Å². The summed E-state index contributed by atoms with van der Waals surface area (Å²) >= 11 is 0. The van der Waals surface area contributed by atoms with Crippen molar-refractivity contribution in [3.63, 3.8) is 0 Å². The molecule has 2 aromatic rings. The number of hydrogen-bond acceptors (Lipinski definition) is 5. The van der Waals surface area contributed by atoms with E-state index in [0.717, 1.165) is 23.8 Å². The van der Waals surface area contributed by atoms with Crippen LogP contribution in [0.3, 0.4) is 0 Å². The van der Waals surface area contributed by atoms with E-state index in [4.69, 9.17) is 10.5 Å². The van der Waals surface area contributed by atoms with Crippen LogP contribution in [0.2, 0.25) is 0 Å². The lowest BCUT2D eigenvalue weighted by Crippen LogP contribution is -2.44. The summed E-state index contributed by atoms with van der Waals surface area (Å²) in [7, 11) is 0. The van der Waals surface area contributed by atoms with Crippen LogP contribution in [0.15, 0.2) is 48.5 Å². The predicted octanol–water partition coefficient (Wildman–Crippen LogP) is 1.98. The van der Waals surface area contributed by atoms with Crippen molar-refractivity contribution in [2.24, 2.45) is 0 Å². The molecule has 0 saturated carbocycles. The fourth-order valence-corrected chi connectivity index (χ4v) is 2.03. The minimum atomic E-state index is -1.24. The summed E-state index contributed by atoms with van der Waals surface area (Å²) < 4.78 is 17.9. The highest BCUT2D eigenvalue weighted by molar-refractivity contribution is 6.00. The van der Waals surface area contributed by atoms with Crippen molar-refractivity contribution >= 4 is 23.6 Å². The number of carbonyl (C=O) groups excluding carboxylic acids is 3. The first kappa shape index (κ1) is 18.9. The fraction of sp³-hybridized carbons (Fsp3) is 0.167. The number of ether oxygens (including phenoxy) is 1. The normalized spacial score (nSPS) is 11.3. The SMILES string of the molecule is C[C@H](OC(=O)c1ccc(F)cc1N)C(=O)NC(=O)NCc1ccccc1. The monoisotopic (exact) mass is 359 g/mol. The molecule has 7 nitrogen and oxygen atoms in total. The van der Waals surface area contributed by atoms with E-state index in [2.05, 4.69) is 10.6 Å². The van der Waals surface area contributed by atoms with Gasteiger partial charge in [-0.25, -0.2) is 14.0 Å². The summed E-state index contributed by atoms with van der Waals surface area (Å²) in [5.41, 5.74) is 6.23. The minimum Gasteiger partial charge on any atom is -0.449 e. The van der Waals surface area contributed by atoms with Gasteiger partial charge in [0, 0.05) is 12.2 Å². The number of rotatable bonds is 5. The van der Waals surface area contributed by atoms with Gasteiger partial charge < -0.3 is 15.8 Å². The zero-order valence-corrected chi connectivity index (χ0v) is 14.0. The first-order chi connectivity index (χ1) is 12.4. The number of halogens is 1. The van der Waals surface area contributed by atoms with Crippen LogP contribution in [-0.2, 0) is 16.1 Å². The van der Waals surface area contributed by atoms with Gasteiger partial charge >= 0.3 is 12.0 Å². The van der Waals surface area contributed by atoms with Crippen molar-refractivity contribution in [1.29, 1.82) is 0 Å². The van der Waals surface area contributed by atoms with Gasteiger partial charge in [-0.15, -0.1) is 0 Å². The molecule has 0 bridgehead atoms. The summed E-state index contributed by atoms with van der Waals surface area (Å²) in [5, 5.41) is 4.59. The van der Waals surface area contributed by atoms with Gasteiger partial charge in [-0.1, -0.05) is 30.3 Å². The fourth-order valence-electron chi connectivity index (χ4n) is 2.03. The highest BCUT2D eigenvalue weighted by Crippen LogP contribution is 2.15. The lowest BCUT2D eigenvalue weighted by Gasteiger charge is -2.14. The largest absolute Gasteiger partial charge is 0.449 e. The zero-order valence-electron chi connectivity index (χ0n) is 14.0. The highest BCUT2D eigenvalue weighted by Gasteiger charge is 2.22. The number of nitrogens with one attached hydrogen (secondary N) is 2. The number of esters is 1. The van der Waals surface area contributed by atoms with Crippen molar-refractivity contribution in [2.75, 3.05) is 5.73 Å². The first-order valence-electron chi connectivity index (χ1n) is 7.75. The molecule has 2 aromatic carbocycles. The lowest BCUT2D eigenvalue weighted by atomic mass is 10.2. The van der Waals surface area contributed by atoms with E-state index in [9.17, 15) is 18.8 Å². The maximum atomic E-state index is 13.0. The van der Waals surface area contributed by atoms with Gasteiger partial charge in [0.25, 0.3) is 5.91 Å². The molecule has 4 N–H and O–H groups in total. The van der Waals surface area contributed by atoms with Crippen LogP contribution in [0.4, 0.5) is 14.9 Å². The van der Waals surface area contributed by atoms with Crippen molar-refractivity contribution in [2.45, 2.75) is 19.6 Å². The molecule has 136 valence electrons. The van der Waals surface area contributed by atoms with Crippen LogP contribution in [-0.4, -0.2) is 24.0 Å². The molecule has 0 heterocycles. The maximum absolute atomic E-state index is 13.0. The summed E-state index contributed by atoms with van der Waals surface area (Å²) in [6, 6.07) is 11.6. The molecule has 0 aliphatic rings. The van der Waals surface area contributed by atoms with Crippen LogP contribution in [0.5, 0.6) is 0 Å². The Morgan fingerprint density at radius 3 is 2.50 bits per heavy atom. The summed E-state index contributed by atoms with van der Waals surface area (Å²) in [5.74, 6) is -2.29. The average molecular weight is 359 g/mol. The molecule has 0 unspecified atom stereocenters. The van der Waals surface area contributed by atoms with Crippen molar-refractivity contribution in [3.8, 4) is 0 Å². The summed E-state index contributed by atoms with van der Waals surface area (Å²) in [4.78, 5) is 35.6. The molecule has 3 amide bonds. The second-order valence-corrected chi connectivity index (χ2v) is 5.44. The molecule has 26 heavy (non-hydrogen) atoms. The van der Waals surface area contributed by atoms with Crippen LogP contribution in [0.25, 0.3) is 0 Å². The van der Waals surface area contributed by atoms with Crippen molar-refractivity contribution in [1.82, 2.24) is 10.6 Å². The number of benzene rings is 2. The lowest BCUT2D eigenvalue weighted by molar-refractivity contribution is -0.127. The Balaban J connectivity index is 1.84. The average Bonchev–Trinajstić information content (AvgIpc) is 2.60. The van der Waals surface area contributed by atoms with E-state index in [-0.39, 0.29) is 17.8 Å². The molecule has 0 fully saturated rings. The van der Waals surface area contributed by atoms with E-state index in [1.807, 2.05) is 30.3 Å². The molecule has 8 heteroatoms. The minimum absolute atomic E-state index is 0.0698. The molecular weight excluding hydrogens is 341 g/mol. The van der Waals surface area contributed by atoms with Gasteiger partial charge in [-0.2, -0.15) is 0 Å². The van der Waals surface area contributed by atoms with E-state index < -0.39 is 29.8 Å². The predicted molar refractivity (Wildman–Crippen MR) is 92.5 cm³/mol. The molecule has 0 aliphatic heterocycles. The van der Waals surface area contributed by atoms with Gasteiger partial charge in [0.15, 0.2) is 6.10 Å². The number of carbonyl (C=O) groups is 3. The van der Waals surface area contributed by atoms with Crippen molar-refractivity contribution in [3.05, 3.63) is 65.5 Å². The molecule has 0 saturated heterocycles. The molecule has 0 aliphatic carbocycles. The molecule has 2 rings (SSSR count). The standard InChI is InChI=1S/C18H18FN3O4/c1-11(26-17(24)14-8-7-13(19)9-15(14)20)16(23)22-18(25)21-10-12-5-3-2-4-6-12/h2-9,11H,10,20H2,1H3,(H2,21,22,23,25)/t11-/m0/s1. The Hall–Kier alpha value is -3.42. The maximum Gasteiger partial charge on any atom is 0.341 e. The zero-order chi connectivity index (χ0) is 19.1. The Labute approximate surface area is 149 Å². The van der Waals surface area contributed by atoms with Gasteiger partial charge in [0.05, 0.1) is 5.56 Å². The van der Waals surface area contributed by atoms with Crippen LogP contribution < -0.4 is 16.4 Å². The number of nitrogen functional groups attached to an aromatic ring is 1. The third-order valence-corrected chi connectivity index (χ3v) is 3.42. The molecular formula is C18H18FN3O4. The highest BCUT2D eigenvalue weighted by atomic mass is 19.1. The summed E-state index contributed by atoms with van der Waals surface area (Å²) in [6.45, 7) is 1.54. The third-order valence-electron chi connectivity index (χ3n) is 3.42. The first-order valence-corrected chi connectivity index (χ1v) is 7.75. The van der Waals surface area contributed by atoms with E-state index in [1.165, 1.54) is 6.92 Å². The smallest absolute Gasteiger partial charge is 0.341 e. The summed E-state index contributed by atoms with van der Waals surface area (Å²) in [6.07, 6.45) is -1.24. The Morgan fingerprint density at radius 1 is 1.15 bits per heavy atom. The molecule has 1 atom stereocenters. The quantitative estimate of drug-likeness (QED) is 0.558. The van der Waals surface area contributed by atoms with E-state index in [0.29, 0.717) is 0 Å². The number of urea groups is 1. The molecule has 0 aromatic heterocycles. The number of hydrogen-bond donors (Lipinski definition) is 3. The molecule has 0 spiro atoms. The van der Waals surface area contributed by atoms with E-state index >= 15 is 0 Å². The van der Waals surface area contributed by atoms with Gasteiger partial charge in [-0.05, 0) is 30.7 Å². The second kappa shape index (κ2) is 8.61. The second-order valence-electron chi connectivity index (χ2n) is 5.44. The number of nitrogens with two attached hydrogens (primary N) is 1.